The number of rotatable bonds is 7. The Kier molecular flexibility index (Phi) is 7.27. The number of thioether (sulfide) groups is 1. The molecule has 2 heterocycles. The van der Waals surface area contributed by atoms with Crippen LogP contribution in [0.1, 0.15) is 29.8 Å². The molecule has 0 spiro atoms. The molecular weight excluding hydrogens is 420 g/mol. The van der Waals surface area contributed by atoms with E-state index in [4.69, 9.17) is 0 Å². The highest BCUT2D eigenvalue weighted by atomic mass is 32.2. The third-order valence-corrected chi connectivity index (χ3v) is 6.63. The van der Waals surface area contributed by atoms with Crippen molar-refractivity contribution < 1.29 is 9.59 Å². The number of likely N-dealkylation sites (tertiary alicyclic amines) is 1. The number of nitrogens with one attached hydrogen (secondary N) is 2. The van der Waals surface area contributed by atoms with Crippen molar-refractivity contribution >= 4 is 29.3 Å². The van der Waals surface area contributed by atoms with Gasteiger partial charge in [-0.15, -0.1) is 0 Å². The molecule has 7 heteroatoms. The van der Waals surface area contributed by atoms with Crippen LogP contribution in [0.3, 0.4) is 0 Å². The van der Waals surface area contributed by atoms with E-state index in [2.05, 4.69) is 27.4 Å². The maximum Gasteiger partial charge on any atom is 0.233 e. The number of amides is 2. The van der Waals surface area contributed by atoms with Crippen molar-refractivity contribution in [3.63, 3.8) is 0 Å². The molecule has 0 atom stereocenters. The molecule has 0 saturated carbocycles. The second-order valence-corrected chi connectivity index (χ2v) is 9.04. The first-order chi connectivity index (χ1) is 15.6. The second kappa shape index (κ2) is 10.5. The largest absolute Gasteiger partial charge is 0.342 e. The Hall–Kier alpha value is -3.06. The van der Waals surface area contributed by atoms with Crippen molar-refractivity contribution in [1.29, 1.82) is 0 Å². The lowest BCUT2D eigenvalue weighted by atomic mass is 9.96. The number of benzene rings is 2. The van der Waals surface area contributed by atoms with Crippen LogP contribution in [0.15, 0.2) is 65.8 Å². The minimum atomic E-state index is -0.0554. The molecule has 4 rings (SSSR count). The summed E-state index contributed by atoms with van der Waals surface area (Å²) in [7, 11) is 0. The number of aryl methyl sites for hydroxylation is 1. The molecule has 2 amide bonds. The lowest BCUT2D eigenvalue weighted by Gasteiger charge is -2.31. The van der Waals surface area contributed by atoms with Gasteiger partial charge in [0, 0.05) is 36.8 Å². The lowest BCUT2D eigenvalue weighted by Crippen LogP contribution is -2.42. The van der Waals surface area contributed by atoms with Gasteiger partial charge in [-0.25, -0.2) is 4.98 Å². The molecule has 32 heavy (non-hydrogen) atoms. The van der Waals surface area contributed by atoms with Crippen molar-refractivity contribution in [3.05, 3.63) is 77.6 Å². The van der Waals surface area contributed by atoms with Crippen LogP contribution in [0.4, 0.5) is 5.69 Å². The Morgan fingerprint density at radius 1 is 1.06 bits per heavy atom. The Morgan fingerprint density at radius 2 is 1.72 bits per heavy atom. The fraction of sp³-hybridized carbons (Fsp3) is 0.320. The number of hydrogen-bond donors (Lipinski definition) is 2. The molecule has 1 aliphatic rings. The summed E-state index contributed by atoms with van der Waals surface area (Å²) in [4.78, 5) is 35.0. The summed E-state index contributed by atoms with van der Waals surface area (Å²) in [6, 6.07) is 19.7. The summed E-state index contributed by atoms with van der Waals surface area (Å²) < 4.78 is 0. The number of aromatic amines is 1. The Balaban J connectivity index is 1.23. The minimum Gasteiger partial charge on any atom is -0.342 e. The van der Waals surface area contributed by atoms with E-state index >= 15 is 0 Å². The van der Waals surface area contributed by atoms with Gasteiger partial charge in [-0.1, -0.05) is 60.3 Å². The third kappa shape index (κ3) is 5.79. The van der Waals surface area contributed by atoms with Crippen LogP contribution in [0.25, 0.3) is 0 Å². The zero-order valence-corrected chi connectivity index (χ0v) is 19.0. The Bertz CT molecular complexity index is 1040. The highest BCUT2D eigenvalue weighted by Crippen LogP contribution is 2.23. The molecular formula is C25H28N4O2S. The first-order valence-corrected chi connectivity index (χ1v) is 11.9. The van der Waals surface area contributed by atoms with Crippen LogP contribution >= 0.6 is 11.8 Å². The molecule has 0 aliphatic carbocycles. The van der Waals surface area contributed by atoms with Crippen molar-refractivity contribution in [3.8, 4) is 0 Å². The molecule has 1 aliphatic heterocycles. The Morgan fingerprint density at radius 3 is 2.41 bits per heavy atom. The van der Waals surface area contributed by atoms with Gasteiger partial charge in [0.05, 0.1) is 11.4 Å². The summed E-state index contributed by atoms with van der Waals surface area (Å²) in [5.41, 5.74) is 4.08. The summed E-state index contributed by atoms with van der Waals surface area (Å²) in [6.45, 7) is 3.24. The summed E-state index contributed by atoms with van der Waals surface area (Å²) in [6.07, 6.45) is 2.16. The average molecular weight is 449 g/mol. The number of carbonyl (C=O) groups is 2. The monoisotopic (exact) mass is 448 g/mol. The fourth-order valence-corrected chi connectivity index (χ4v) is 4.72. The molecule has 166 valence electrons. The van der Waals surface area contributed by atoms with Crippen LogP contribution < -0.4 is 5.32 Å². The Labute approximate surface area is 192 Å². The first-order valence-electron chi connectivity index (χ1n) is 10.9. The number of para-hydroxylation sites is 1. The standard InChI is InChI=1S/C25H28N4O2S/c1-18-22(16-19-8-4-2-5-9-19)28-25(26-18)32-17-23(30)29-14-12-20(13-15-29)24(31)27-21-10-6-3-7-11-21/h2-11,20H,12-17H2,1H3,(H,26,28)(H,27,31). The lowest BCUT2D eigenvalue weighted by molar-refractivity contribution is -0.132. The number of nitrogens with zero attached hydrogens (tertiary/aromatic N) is 2. The van der Waals surface area contributed by atoms with Gasteiger partial charge in [-0.2, -0.15) is 0 Å². The molecule has 1 fully saturated rings. The van der Waals surface area contributed by atoms with Crippen LogP contribution in [0, 0.1) is 12.8 Å². The van der Waals surface area contributed by atoms with Crippen LogP contribution in [-0.2, 0) is 16.0 Å². The SMILES string of the molecule is Cc1[nH]c(SCC(=O)N2CCC(C(=O)Nc3ccccc3)CC2)nc1Cc1ccccc1. The van der Waals surface area contributed by atoms with Gasteiger partial charge in [0.2, 0.25) is 11.8 Å². The fourth-order valence-electron chi connectivity index (χ4n) is 3.87. The van der Waals surface area contributed by atoms with Gasteiger partial charge >= 0.3 is 0 Å². The topological polar surface area (TPSA) is 78.1 Å². The van der Waals surface area contributed by atoms with E-state index in [1.54, 1.807) is 0 Å². The number of anilines is 1. The molecule has 2 N–H and O–H groups in total. The number of piperidine rings is 1. The highest BCUT2D eigenvalue weighted by molar-refractivity contribution is 7.99. The third-order valence-electron chi connectivity index (χ3n) is 5.77. The molecule has 0 bridgehead atoms. The van der Waals surface area contributed by atoms with Gasteiger partial charge in [0.25, 0.3) is 0 Å². The van der Waals surface area contributed by atoms with Crippen molar-refractivity contribution in [2.24, 2.45) is 5.92 Å². The number of imidazole rings is 1. The van der Waals surface area contributed by atoms with Crippen LogP contribution in [0.5, 0.6) is 0 Å². The van der Waals surface area contributed by atoms with E-state index in [0.29, 0.717) is 31.7 Å². The molecule has 6 nitrogen and oxygen atoms in total. The zero-order chi connectivity index (χ0) is 22.3. The molecule has 2 aromatic carbocycles. The van der Waals surface area contributed by atoms with Gasteiger partial charge in [0.15, 0.2) is 5.16 Å². The van der Waals surface area contributed by atoms with Crippen molar-refractivity contribution in [2.45, 2.75) is 31.3 Å². The maximum atomic E-state index is 12.7. The van der Waals surface area contributed by atoms with Crippen molar-refractivity contribution in [2.75, 3.05) is 24.2 Å². The second-order valence-electron chi connectivity index (χ2n) is 8.08. The predicted molar refractivity (Wildman–Crippen MR) is 128 cm³/mol. The first kappa shape index (κ1) is 22.1. The minimum absolute atomic E-state index is 0.0367. The smallest absolute Gasteiger partial charge is 0.233 e. The number of aromatic nitrogens is 2. The molecule has 0 unspecified atom stereocenters. The van der Waals surface area contributed by atoms with E-state index in [9.17, 15) is 9.59 Å². The number of hydrogen-bond acceptors (Lipinski definition) is 4. The molecule has 3 aromatic rings. The van der Waals surface area contributed by atoms with E-state index < -0.39 is 0 Å². The number of carbonyl (C=O) groups excluding carboxylic acids is 2. The normalized spacial score (nSPS) is 14.3. The average Bonchev–Trinajstić information content (AvgIpc) is 3.18. The predicted octanol–water partition coefficient (Wildman–Crippen LogP) is 4.28. The molecule has 1 aromatic heterocycles. The quantitative estimate of drug-likeness (QED) is 0.529. The zero-order valence-electron chi connectivity index (χ0n) is 18.2. The van der Waals surface area contributed by atoms with E-state index in [-0.39, 0.29) is 17.7 Å². The van der Waals surface area contributed by atoms with Crippen molar-refractivity contribution in [1.82, 2.24) is 14.9 Å². The summed E-state index contributed by atoms with van der Waals surface area (Å²) in [5.74, 6) is 0.420. The van der Waals surface area contributed by atoms with Gasteiger partial charge in [0.1, 0.15) is 0 Å². The summed E-state index contributed by atoms with van der Waals surface area (Å²) in [5, 5.41) is 3.75. The van der Waals surface area contributed by atoms with Crippen LogP contribution in [-0.4, -0.2) is 45.5 Å². The maximum absolute atomic E-state index is 12.7. The van der Waals surface area contributed by atoms with E-state index in [1.165, 1.54) is 17.3 Å². The number of H-pyrrole nitrogens is 1. The van der Waals surface area contributed by atoms with Crippen LogP contribution in [0.2, 0.25) is 0 Å². The highest BCUT2D eigenvalue weighted by Gasteiger charge is 2.27. The van der Waals surface area contributed by atoms with Gasteiger partial charge < -0.3 is 15.2 Å². The van der Waals surface area contributed by atoms with Gasteiger partial charge in [-0.05, 0) is 37.5 Å². The van der Waals surface area contributed by atoms with E-state index in [1.807, 2.05) is 60.4 Å². The van der Waals surface area contributed by atoms with Gasteiger partial charge in [-0.3, -0.25) is 9.59 Å². The summed E-state index contributed by atoms with van der Waals surface area (Å²) >= 11 is 1.44. The van der Waals surface area contributed by atoms with E-state index in [0.717, 1.165) is 28.7 Å². The molecule has 1 saturated heterocycles. The molecule has 0 radical (unpaired) electrons.